The van der Waals surface area contributed by atoms with Crippen LogP contribution in [0, 0.1) is 6.92 Å². The minimum atomic E-state index is -4.48. The Labute approximate surface area is 160 Å². The summed E-state index contributed by atoms with van der Waals surface area (Å²) in [7, 11) is 0. The van der Waals surface area contributed by atoms with Gasteiger partial charge in [-0.2, -0.15) is 13.2 Å². The standard InChI is InChI=1S/C18H13ClF3NO3S/c1-9-6-12(4-2-10(9)7-15-16(24)23-17(25)27-15)26-14-5-3-11(8-13(14)19)18(20,21)22/h2-6,8,24H,7H2,1H3,(H,23,25). The Balaban J connectivity index is 1.80. The largest absolute Gasteiger partial charge is 0.494 e. The molecule has 1 heterocycles. The number of aromatic hydroxyl groups is 1. The Bertz CT molecular complexity index is 1040. The molecular formula is C18H13ClF3NO3S. The molecule has 0 atom stereocenters. The van der Waals surface area contributed by atoms with E-state index in [1.54, 1.807) is 18.2 Å². The molecule has 0 fully saturated rings. The van der Waals surface area contributed by atoms with Gasteiger partial charge in [-0.25, -0.2) is 0 Å². The smallest absolute Gasteiger partial charge is 0.416 e. The number of nitrogens with one attached hydrogen (secondary N) is 1. The van der Waals surface area contributed by atoms with E-state index in [1.165, 1.54) is 6.07 Å². The Morgan fingerprint density at radius 3 is 2.52 bits per heavy atom. The highest BCUT2D eigenvalue weighted by Crippen LogP contribution is 2.36. The van der Waals surface area contributed by atoms with Crippen LogP contribution in [0.3, 0.4) is 0 Å². The van der Waals surface area contributed by atoms with Crippen LogP contribution in [-0.4, -0.2) is 10.1 Å². The van der Waals surface area contributed by atoms with Gasteiger partial charge in [0.2, 0.25) is 5.88 Å². The van der Waals surface area contributed by atoms with Crippen LogP contribution < -0.4 is 9.61 Å². The first kappa shape index (κ1) is 19.3. The second-order valence-corrected chi connectivity index (χ2v) is 7.27. The van der Waals surface area contributed by atoms with Crippen LogP contribution in [0.25, 0.3) is 0 Å². The first-order valence-corrected chi connectivity index (χ1v) is 8.88. The third-order valence-electron chi connectivity index (χ3n) is 3.85. The van der Waals surface area contributed by atoms with E-state index in [9.17, 15) is 23.1 Å². The van der Waals surface area contributed by atoms with E-state index in [0.29, 0.717) is 17.0 Å². The summed E-state index contributed by atoms with van der Waals surface area (Å²) < 4.78 is 43.7. The van der Waals surface area contributed by atoms with Gasteiger partial charge in [-0.3, -0.25) is 9.78 Å². The number of alkyl halides is 3. The molecule has 0 bridgehead atoms. The lowest BCUT2D eigenvalue weighted by Gasteiger charge is -2.12. The van der Waals surface area contributed by atoms with E-state index in [1.807, 2.05) is 6.92 Å². The molecule has 4 nitrogen and oxygen atoms in total. The molecule has 0 aliphatic carbocycles. The summed E-state index contributed by atoms with van der Waals surface area (Å²) in [6.07, 6.45) is -4.11. The van der Waals surface area contributed by atoms with E-state index in [-0.39, 0.29) is 21.5 Å². The third-order valence-corrected chi connectivity index (χ3v) is 5.02. The predicted molar refractivity (Wildman–Crippen MR) is 97.1 cm³/mol. The van der Waals surface area contributed by atoms with E-state index < -0.39 is 11.7 Å². The van der Waals surface area contributed by atoms with E-state index >= 15 is 0 Å². The van der Waals surface area contributed by atoms with Gasteiger partial charge in [0.05, 0.1) is 15.5 Å². The van der Waals surface area contributed by atoms with Gasteiger partial charge < -0.3 is 9.84 Å². The molecule has 3 rings (SSSR count). The summed E-state index contributed by atoms with van der Waals surface area (Å²) in [5.41, 5.74) is 0.846. The molecule has 0 spiro atoms. The topological polar surface area (TPSA) is 62.3 Å². The molecule has 0 aliphatic heterocycles. The van der Waals surface area contributed by atoms with Gasteiger partial charge in [0.1, 0.15) is 11.5 Å². The number of aryl methyl sites for hydroxylation is 1. The fourth-order valence-electron chi connectivity index (χ4n) is 2.46. The Morgan fingerprint density at radius 2 is 1.96 bits per heavy atom. The summed E-state index contributed by atoms with van der Waals surface area (Å²) in [6, 6.07) is 7.99. The molecule has 0 amide bonds. The van der Waals surface area contributed by atoms with Crippen LogP contribution >= 0.6 is 22.9 Å². The summed E-state index contributed by atoms with van der Waals surface area (Å²) in [5.74, 6) is 0.365. The van der Waals surface area contributed by atoms with Crippen molar-refractivity contribution in [2.24, 2.45) is 0 Å². The zero-order valence-corrected chi connectivity index (χ0v) is 15.4. The van der Waals surface area contributed by atoms with E-state index in [0.717, 1.165) is 34.6 Å². The minimum Gasteiger partial charge on any atom is -0.494 e. The monoisotopic (exact) mass is 415 g/mol. The first-order valence-electron chi connectivity index (χ1n) is 7.68. The molecule has 0 radical (unpaired) electrons. The maximum atomic E-state index is 12.7. The number of rotatable bonds is 4. The Hall–Kier alpha value is -2.45. The number of hydrogen-bond acceptors (Lipinski definition) is 4. The van der Waals surface area contributed by atoms with Crippen molar-refractivity contribution >= 4 is 22.9 Å². The highest BCUT2D eigenvalue weighted by Gasteiger charge is 2.31. The maximum Gasteiger partial charge on any atom is 0.416 e. The van der Waals surface area contributed by atoms with Crippen molar-refractivity contribution in [1.82, 2.24) is 4.98 Å². The molecule has 27 heavy (non-hydrogen) atoms. The van der Waals surface area contributed by atoms with Crippen LogP contribution in [0.15, 0.2) is 41.2 Å². The SMILES string of the molecule is Cc1cc(Oc2ccc(C(F)(F)F)cc2Cl)ccc1Cc1sc(=O)[nH]c1O. The van der Waals surface area contributed by atoms with Gasteiger partial charge in [0.25, 0.3) is 0 Å². The second-order valence-electron chi connectivity index (χ2n) is 5.80. The van der Waals surface area contributed by atoms with Gasteiger partial charge in [0.15, 0.2) is 0 Å². The van der Waals surface area contributed by atoms with Crippen molar-refractivity contribution < 1.29 is 23.0 Å². The van der Waals surface area contributed by atoms with Gasteiger partial charge in [-0.15, -0.1) is 0 Å². The van der Waals surface area contributed by atoms with Crippen molar-refractivity contribution in [3.8, 4) is 17.4 Å². The van der Waals surface area contributed by atoms with Gasteiger partial charge in [-0.05, 0) is 48.4 Å². The zero-order valence-electron chi connectivity index (χ0n) is 13.9. The van der Waals surface area contributed by atoms with E-state index in [4.69, 9.17) is 16.3 Å². The number of benzene rings is 2. The fraction of sp³-hybridized carbons (Fsp3) is 0.167. The molecule has 1 aromatic heterocycles. The molecule has 142 valence electrons. The molecular weight excluding hydrogens is 403 g/mol. The minimum absolute atomic E-state index is 0.110. The summed E-state index contributed by atoms with van der Waals surface area (Å²) in [5, 5.41) is 9.53. The second kappa shape index (κ2) is 7.28. The number of H-pyrrole nitrogens is 1. The van der Waals surface area contributed by atoms with Crippen molar-refractivity contribution in [2.75, 3.05) is 0 Å². The van der Waals surface area contributed by atoms with Gasteiger partial charge in [0, 0.05) is 6.42 Å². The first-order chi connectivity index (χ1) is 12.6. The molecule has 2 aromatic carbocycles. The summed E-state index contributed by atoms with van der Waals surface area (Å²) >= 11 is 6.83. The third kappa shape index (κ3) is 4.45. The number of ether oxygens (including phenoxy) is 1. The van der Waals surface area contributed by atoms with Crippen molar-refractivity contribution in [3.05, 3.63) is 72.7 Å². The molecule has 0 saturated carbocycles. The zero-order chi connectivity index (χ0) is 19.8. The van der Waals surface area contributed by atoms with Crippen LogP contribution in [0.1, 0.15) is 21.6 Å². The quantitative estimate of drug-likeness (QED) is 0.591. The fourth-order valence-corrected chi connectivity index (χ4v) is 3.43. The predicted octanol–water partition coefficient (Wildman–Crippen LogP) is 5.51. The number of hydrogen-bond donors (Lipinski definition) is 2. The van der Waals surface area contributed by atoms with Crippen molar-refractivity contribution in [3.63, 3.8) is 0 Å². The Kier molecular flexibility index (Phi) is 5.21. The van der Waals surface area contributed by atoms with Gasteiger partial charge >= 0.3 is 11.0 Å². The summed E-state index contributed by atoms with van der Waals surface area (Å²) in [4.78, 5) is 13.8. The Morgan fingerprint density at radius 1 is 1.22 bits per heavy atom. The number of aromatic nitrogens is 1. The molecule has 2 N–H and O–H groups in total. The lowest BCUT2D eigenvalue weighted by atomic mass is 10.0. The lowest BCUT2D eigenvalue weighted by molar-refractivity contribution is -0.137. The molecule has 9 heteroatoms. The maximum absolute atomic E-state index is 12.7. The number of thiazole rings is 1. The average molecular weight is 416 g/mol. The highest BCUT2D eigenvalue weighted by atomic mass is 35.5. The molecule has 3 aromatic rings. The normalized spacial score (nSPS) is 11.6. The number of halogens is 4. The van der Waals surface area contributed by atoms with Crippen molar-refractivity contribution in [2.45, 2.75) is 19.5 Å². The molecule has 0 aliphatic rings. The van der Waals surface area contributed by atoms with Crippen LogP contribution in [-0.2, 0) is 12.6 Å². The average Bonchev–Trinajstić information content (AvgIpc) is 2.88. The van der Waals surface area contributed by atoms with Crippen LogP contribution in [0.5, 0.6) is 17.4 Å². The van der Waals surface area contributed by atoms with Crippen molar-refractivity contribution in [1.29, 1.82) is 0 Å². The van der Waals surface area contributed by atoms with E-state index in [2.05, 4.69) is 4.98 Å². The summed E-state index contributed by atoms with van der Waals surface area (Å²) in [6.45, 7) is 1.82. The van der Waals surface area contributed by atoms with Gasteiger partial charge in [-0.1, -0.05) is 29.0 Å². The highest BCUT2D eigenvalue weighted by molar-refractivity contribution is 7.09. The molecule has 0 unspecified atom stereocenters. The number of aromatic amines is 1. The molecule has 0 saturated heterocycles. The van der Waals surface area contributed by atoms with Crippen LogP contribution in [0.4, 0.5) is 13.2 Å². The van der Waals surface area contributed by atoms with Crippen LogP contribution in [0.2, 0.25) is 5.02 Å². The lowest BCUT2D eigenvalue weighted by Crippen LogP contribution is -2.04.